The summed E-state index contributed by atoms with van der Waals surface area (Å²) in [5.41, 5.74) is 2.05. The summed E-state index contributed by atoms with van der Waals surface area (Å²) in [4.78, 5) is 12.0. The van der Waals surface area contributed by atoms with E-state index in [1.54, 1.807) is 6.08 Å². The third-order valence-electron chi connectivity index (χ3n) is 4.17. The van der Waals surface area contributed by atoms with Crippen LogP contribution in [0.3, 0.4) is 0 Å². The average Bonchev–Trinajstić information content (AvgIpc) is 3.06. The van der Waals surface area contributed by atoms with Crippen LogP contribution in [-0.4, -0.2) is 12.8 Å². The maximum atomic E-state index is 12.0. The molecule has 0 radical (unpaired) electrons. The number of esters is 1. The third-order valence-corrected chi connectivity index (χ3v) is 4.86. The summed E-state index contributed by atoms with van der Waals surface area (Å²) in [6.07, 6.45) is 4.15. The zero-order chi connectivity index (χ0) is 17.8. The average molecular weight is 403 g/mol. The lowest BCUT2D eigenvalue weighted by Crippen LogP contribution is -2.03. The molecule has 2 aromatic rings. The highest BCUT2D eigenvalue weighted by Crippen LogP contribution is 2.37. The summed E-state index contributed by atoms with van der Waals surface area (Å²) < 4.78 is 16.8. The molecule has 0 N–H and O–H groups in total. The zero-order valence-corrected chi connectivity index (χ0v) is 15.7. The van der Waals surface area contributed by atoms with E-state index in [2.05, 4.69) is 29.8 Å². The standard InChI is InChI=1S/C20H19BrO4/c1-3-13(2)14-4-7-16(8-5-14)25-20(22)9-6-15-10-18-19(11-17(15)21)24-12-23-18/h4-11,13H,3,12H2,1-2H3/b9-6+. The molecule has 1 unspecified atom stereocenters. The highest BCUT2D eigenvalue weighted by molar-refractivity contribution is 9.10. The lowest BCUT2D eigenvalue weighted by Gasteiger charge is -2.09. The van der Waals surface area contributed by atoms with Gasteiger partial charge in [0, 0.05) is 10.5 Å². The van der Waals surface area contributed by atoms with E-state index < -0.39 is 5.97 Å². The summed E-state index contributed by atoms with van der Waals surface area (Å²) >= 11 is 3.46. The van der Waals surface area contributed by atoms with Gasteiger partial charge in [-0.15, -0.1) is 0 Å². The molecule has 0 aliphatic carbocycles. The van der Waals surface area contributed by atoms with Gasteiger partial charge in [0.25, 0.3) is 0 Å². The molecule has 0 saturated heterocycles. The molecule has 0 saturated carbocycles. The van der Waals surface area contributed by atoms with Crippen LogP contribution in [-0.2, 0) is 4.79 Å². The van der Waals surface area contributed by atoms with E-state index in [9.17, 15) is 4.79 Å². The fraction of sp³-hybridized carbons (Fsp3) is 0.250. The lowest BCUT2D eigenvalue weighted by molar-refractivity contribution is -0.128. The molecule has 3 rings (SSSR count). The van der Waals surface area contributed by atoms with Gasteiger partial charge in [0.1, 0.15) is 5.75 Å². The SMILES string of the molecule is CCC(C)c1ccc(OC(=O)/C=C/c2cc3c(cc2Br)OCO3)cc1. The number of carbonyl (C=O) groups is 1. The second-order valence-electron chi connectivity index (χ2n) is 5.86. The Kier molecular flexibility index (Phi) is 5.43. The zero-order valence-electron chi connectivity index (χ0n) is 14.1. The van der Waals surface area contributed by atoms with Crippen LogP contribution in [0.4, 0.5) is 0 Å². The fourth-order valence-corrected chi connectivity index (χ4v) is 2.92. The normalized spacial score (nSPS) is 13.9. The molecule has 0 bridgehead atoms. The van der Waals surface area contributed by atoms with Gasteiger partial charge in [-0.25, -0.2) is 4.79 Å². The van der Waals surface area contributed by atoms with Crippen LogP contribution in [0.25, 0.3) is 6.08 Å². The first kappa shape index (κ1) is 17.5. The summed E-state index contributed by atoms with van der Waals surface area (Å²) in [6.45, 7) is 4.54. The molecule has 1 aliphatic rings. The van der Waals surface area contributed by atoms with Crippen molar-refractivity contribution in [3.63, 3.8) is 0 Å². The minimum Gasteiger partial charge on any atom is -0.454 e. The molecule has 4 nitrogen and oxygen atoms in total. The molecule has 130 valence electrons. The van der Waals surface area contributed by atoms with Gasteiger partial charge in [0.05, 0.1) is 0 Å². The van der Waals surface area contributed by atoms with E-state index in [0.717, 1.165) is 16.5 Å². The number of carbonyl (C=O) groups excluding carboxylic acids is 1. The number of ether oxygens (including phenoxy) is 3. The minimum absolute atomic E-state index is 0.212. The summed E-state index contributed by atoms with van der Waals surface area (Å²) in [6, 6.07) is 11.3. The molecule has 1 atom stereocenters. The van der Waals surface area contributed by atoms with Crippen LogP contribution in [0.2, 0.25) is 0 Å². The van der Waals surface area contributed by atoms with E-state index in [4.69, 9.17) is 14.2 Å². The molecular formula is C20H19BrO4. The number of hydrogen-bond acceptors (Lipinski definition) is 4. The van der Waals surface area contributed by atoms with Crippen molar-refractivity contribution in [3.05, 3.63) is 58.1 Å². The molecule has 0 amide bonds. The van der Waals surface area contributed by atoms with Crippen molar-refractivity contribution in [1.29, 1.82) is 0 Å². The van der Waals surface area contributed by atoms with Crippen molar-refractivity contribution in [2.24, 2.45) is 0 Å². The third kappa shape index (κ3) is 4.23. The summed E-state index contributed by atoms with van der Waals surface area (Å²) in [5, 5.41) is 0. The van der Waals surface area contributed by atoms with Gasteiger partial charge < -0.3 is 14.2 Å². The lowest BCUT2D eigenvalue weighted by atomic mass is 9.99. The number of fused-ring (bicyclic) bond motifs is 1. The largest absolute Gasteiger partial charge is 0.454 e. The Morgan fingerprint density at radius 1 is 1.24 bits per heavy atom. The van der Waals surface area contributed by atoms with Crippen molar-refractivity contribution < 1.29 is 19.0 Å². The van der Waals surface area contributed by atoms with Crippen molar-refractivity contribution in [2.45, 2.75) is 26.2 Å². The molecule has 0 fully saturated rings. The number of hydrogen-bond donors (Lipinski definition) is 0. The first-order valence-electron chi connectivity index (χ1n) is 8.16. The van der Waals surface area contributed by atoms with Gasteiger partial charge in [-0.3, -0.25) is 0 Å². The van der Waals surface area contributed by atoms with E-state index in [-0.39, 0.29) is 6.79 Å². The second-order valence-corrected chi connectivity index (χ2v) is 6.71. The van der Waals surface area contributed by atoms with E-state index in [1.807, 2.05) is 36.4 Å². The van der Waals surface area contributed by atoms with Crippen LogP contribution < -0.4 is 14.2 Å². The van der Waals surface area contributed by atoms with Gasteiger partial charge in [0.15, 0.2) is 11.5 Å². The first-order valence-corrected chi connectivity index (χ1v) is 8.95. The van der Waals surface area contributed by atoms with Crippen molar-refractivity contribution >= 4 is 28.0 Å². The monoisotopic (exact) mass is 402 g/mol. The number of benzene rings is 2. The molecule has 1 heterocycles. The van der Waals surface area contributed by atoms with Crippen LogP contribution in [0.5, 0.6) is 17.2 Å². The van der Waals surface area contributed by atoms with Gasteiger partial charge in [-0.05, 0) is 53.8 Å². The highest BCUT2D eigenvalue weighted by Gasteiger charge is 2.15. The molecule has 1 aliphatic heterocycles. The molecule has 5 heteroatoms. The summed E-state index contributed by atoms with van der Waals surface area (Å²) in [5.74, 6) is 1.95. The minimum atomic E-state index is -0.430. The van der Waals surface area contributed by atoms with Crippen LogP contribution in [0.1, 0.15) is 37.3 Å². The molecule has 25 heavy (non-hydrogen) atoms. The van der Waals surface area contributed by atoms with Gasteiger partial charge in [-0.2, -0.15) is 0 Å². The molecular weight excluding hydrogens is 384 g/mol. The maximum Gasteiger partial charge on any atom is 0.336 e. The van der Waals surface area contributed by atoms with E-state index >= 15 is 0 Å². The Bertz CT molecular complexity index is 796. The maximum absolute atomic E-state index is 12.0. The molecule has 2 aromatic carbocycles. The number of halogens is 1. The van der Waals surface area contributed by atoms with Gasteiger partial charge in [0.2, 0.25) is 6.79 Å². The first-order chi connectivity index (χ1) is 12.1. The fourth-order valence-electron chi connectivity index (χ4n) is 2.47. The van der Waals surface area contributed by atoms with Crippen LogP contribution >= 0.6 is 15.9 Å². The van der Waals surface area contributed by atoms with E-state index in [1.165, 1.54) is 11.6 Å². The Labute approximate surface area is 155 Å². The Morgan fingerprint density at radius 2 is 1.92 bits per heavy atom. The Hall–Kier alpha value is -2.27. The number of rotatable bonds is 5. The van der Waals surface area contributed by atoms with Gasteiger partial charge in [-0.1, -0.05) is 41.9 Å². The highest BCUT2D eigenvalue weighted by atomic mass is 79.9. The van der Waals surface area contributed by atoms with Gasteiger partial charge >= 0.3 is 5.97 Å². The topological polar surface area (TPSA) is 44.8 Å². The Balaban J connectivity index is 1.65. The summed E-state index contributed by atoms with van der Waals surface area (Å²) in [7, 11) is 0. The van der Waals surface area contributed by atoms with Crippen LogP contribution in [0, 0.1) is 0 Å². The predicted molar refractivity (Wildman–Crippen MR) is 100 cm³/mol. The second kappa shape index (κ2) is 7.74. The predicted octanol–water partition coefficient (Wildman–Crippen LogP) is 5.31. The van der Waals surface area contributed by atoms with Crippen molar-refractivity contribution in [3.8, 4) is 17.2 Å². The van der Waals surface area contributed by atoms with Crippen LogP contribution in [0.15, 0.2) is 46.9 Å². The van der Waals surface area contributed by atoms with E-state index in [0.29, 0.717) is 23.2 Å². The molecule has 0 aromatic heterocycles. The van der Waals surface area contributed by atoms with Crippen molar-refractivity contribution in [2.75, 3.05) is 6.79 Å². The van der Waals surface area contributed by atoms with Crippen molar-refractivity contribution in [1.82, 2.24) is 0 Å². The quantitative estimate of drug-likeness (QED) is 0.386. The smallest absolute Gasteiger partial charge is 0.336 e. The molecule has 0 spiro atoms. The Morgan fingerprint density at radius 3 is 2.60 bits per heavy atom.